The van der Waals surface area contributed by atoms with Gasteiger partial charge in [-0.3, -0.25) is 4.79 Å². The lowest BCUT2D eigenvalue weighted by molar-refractivity contribution is -0.174. The Balaban J connectivity index is 2.34. The average Bonchev–Trinajstić information content (AvgIpc) is 2.83. The Morgan fingerprint density at radius 3 is 2.71 bits per heavy atom. The third kappa shape index (κ3) is 6.54. The van der Waals surface area contributed by atoms with Crippen molar-refractivity contribution in [1.29, 1.82) is 0 Å². The number of carbonyl (C=O) groups is 2. The highest BCUT2D eigenvalue weighted by molar-refractivity contribution is 7.09. The number of halogens is 3. The highest BCUT2D eigenvalue weighted by atomic mass is 32.1. The van der Waals surface area contributed by atoms with Crippen molar-refractivity contribution in [3.63, 3.8) is 0 Å². The van der Waals surface area contributed by atoms with Gasteiger partial charge in [-0.25, -0.2) is 9.78 Å². The molecule has 0 spiro atoms. The molecule has 118 valence electrons. The number of hydrogen-bond acceptors (Lipinski definition) is 5. The number of carboxylic acids is 1. The van der Waals surface area contributed by atoms with Gasteiger partial charge < -0.3 is 15.2 Å². The molecule has 10 heteroatoms. The van der Waals surface area contributed by atoms with Crippen LogP contribution in [0.4, 0.5) is 13.2 Å². The fourth-order valence-electron chi connectivity index (χ4n) is 1.31. The van der Waals surface area contributed by atoms with Crippen molar-refractivity contribution in [1.82, 2.24) is 10.3 Å². The van der Waals surface area contributed by atoms with Crippen molar-refractivity contribution in [2.24, 2.45) is 0 Å². The minimum atomic E-state index is -4.42. The van der Waals surface area contributed by atoms with Crippen LogP contribution in [0.3, 0.4) is 0 Å². The summed E-state index contributed by atoms with van der Waals surface area (Å²) in [6.07, 6.45) is -4.64. The molecule has 0 fully saturated rings. The first-order chi connectivity index (χ1) is 9.69. The van der Waals surface area contributed by atoms with E-state index in [9.17, 15) is 22.8 Å². The van der Waals surface area contributed by atoms with E-state index < -0.39 is 30.7 Å². The van der Waals surface area contributed by atoms with Gasteiger partial charge in [0.05, 0.1) is 12.6 Å². The molecule has 1 unspecified atom stereocenters. The van der Waals surface area contributed by atoms with Gasteiger partial charge in [0, 0.05) is 11.8 Å². The number of thiazole rings is 1. The smallest absolute Gasteiger partial charge is 0.411 e. The maximum Gasteiger partial charge on any atom is 0.411 e. The summed E-state index contributed by atoms with van der Waals surface area (Å²) >= 11 is 1.07. The van der Waals surface area contributed by atoms with Crippen LogP contribution in [-0.4, -0.2) is 41.4 Å². The summed E-state index contributed by atoms with van der Waals surface area (Å²) in [4.78, 5) is 26.0. The topological polar surface area (TPSA) is 88.5 Å². The summed E-state index contributed by atoms with van der Waals surface area (Å²) in [6.45, 7) is -0.153. The van der Waals surface area contributed by atoms with Crippen LogP contribution in [-0.2, 0) is 9.53 Å². The first-order valence-corrected chi connectivity index (χ1v) is 6.69. The molecule has 2 N–H and O–H groups in total. The largest absolute Gasteiger partial charge is 0.476 e. The second-order valence-corrected chi connectivity index (χ2v) is 4.97. The molecule has 0 saturated heterocycles. The molecule has 0 saturated carbocycles. The van der Waals surface area contributed by atoms with E-state index in [1.165, 1.54) is 5.38 Å². The number of aromatic nitrogens is 1. The molecular formula is C11H13F3N2O4S. The van der Waals surface area contributed by atoms with Gasteiger partial charge >= 0.3 is 12.1 Å². The molecule has 0 aliphatic rings. The van der Waals surface area contributed by atoms with E-state index in [0.29, 0.717) is 5.01 Å². The van der Waals surface area contributed by atoms with Crippen molar-refractivity contribution in [3.8, 4) is 0 Å². The Kier molecular flexibility index (Phi) is 6.09. The molecule has 6 nitrogen and oxygen atoms in total. The van der Waals surface area contributed by atoms with Crippen LogP contribution in [0.1, 0.15) is 34.9 Å². The number of carbonyl (C=O) groups excluding carboxylic acids is 1. The Morgan fingerprint density at radius 2 is 2.19 bits per heavy atom. The van der Waals surface area contributed by atoms with Crippen molar-refractivity contribution < 1.29 is 32.6 Å². The molecule has 1 rings (SSSR count). The first kappa shape index (κ1) is 17.4. The zero-order valence-electron chi connectivity index (χ0n) is 10.9. The standard InChI is InChI=1S/C11H13F3N2O4S/c1-6(9-16-7(4-21-9)10(18)19)15-8(17)2-3-20-5-11(12,13)14/h4,6H,2-3,5H2,1H3,(H,15,17)(H,18,19). The summed E-state index contributed by atoms with van der Waals surface area (Å²) < 4.78 is 39.7. The molecule has 1 amide bonds. The van der Waals surface area contributed by atoms with Gasteiger partial charge in [-0.05, 0) is 6.92 Å². The quantitative estimate of drug-likeness (QED) is 0.748. The molecule has 0 aromatic carbocycles. The van der Waals surface area contributed by atoms with Crippen LogP contribution in [0.2, 0.25) is 0 Å². The summed E-state index contributed by atoms with van der Waals surface area (Å²) in [6, 6.07) is -0.529. The number of nitrogens with zero attached hydrogens (tertiary/aromatic N) is 1. The van der Waals surface area contributed by atoms with E-state index in [2.05, 4.69) is 15.0 Å². The number of aromatic carboxylic acids is 1. The average molecular weight is 326 g/mol. The van der Waals surface area contributed by atoms with Crippen LogP contribution in [0.25, 0.3) is 0 Å². The number of rotatable bonds is 7. The van der Waals surface area contributed by atoms with E-state index in [4.69, 9.17) is 5.11 Å². The number of hydrogen-bond donors (Lipinski definition) is 2. The Hall–Kier alpha value is -1.68. The highest BCUT2D eigenvalue weighted by Crippen LogP contribution is 2.18. The molecule has 0 aliphatic carbocycles. The third-order valence-corrected chi connectivity index (χ3v) is 3.26. The van der Waals surface area contributed by atoms with Crippen LogP contribution in [0, 0.1) is 0 Å². The zero-order chi connectivity index (χ0) is 16.0. The normalized spacial score (nSPS) is 13.0. The molecular weight excluding hydrogens is 313 g/mol. The number of alkyl halides is 3. The summed E-state index contributed by atoms with van der Waals surface area (Å²) in [5.41, 5.74) is -0.121. The van der Waals surface area contributed by atoms with Crippen LogP contribution < -0.4 is 5.32 Å². The number of nitrogens with one attached hydrogen (secondary N) is 1. The van der Waals surface area contributed by atoms with Crippen molar-refractivity contribution in [3.05, 3.63) is 16.1 Å². The SMILES string of the molecule is CC(NC(=O)CCOCC(F)(F)F)c1nc(C(=O)O)cs1. The van der Waals surface area contributed by atoms with E-state index in [1.807, 2.05) is 0 Å². The van der Waals surface area contributed by atoms with Gasteiger partial charge in [0.25, 0.3) is 0 Å². The van der Waals surface area contributed by atoms with Crippen molar-refractivity contribution >= 4 is 23.2 Å². The molecule has 1 aromatic rings. The second-order valence-electron chi connectivity index (χ2n) is 4.08. The number of ether oxygens (including phenoxy) is 1. The maximum atomic E-state index is 11.8. The van der Waals surface area contributed by atoms with Gasteiger partial charge in [0.1, 0.15) is 11.6 Å². The number of carboxylic acid groups (broad SMARTS) is 1. The second kappa shape index (κ2) is 7.36. The Labute approximate surface area is 121 Å². The van der Waals surface area contributed by atoms with Gasteiger partial charge in [-0.15, -0.1) is 11.3 Å². The highest BCUT2D eigenvalue weighted by Gasteiger charge is 2.27. The first-order valence-electron chi connectivity index (χ1n) is 5.81. The molecule has 0 radical (unpaired) electrons. The molecule has 1 heterocycles. The Bertz CT molecular complexity index is 504. The van der Waals surface area contributed by atoms with E-state index >= 15 is 0 Å². The molecule has 21 heavy (non-hydrogen) atoms. The summed E-state index contributed by atoms with van der Waals surface area (Å²) in [5.74, 6) is -1.67. The minimum absolute atomic E-state index is 0.121. The lowest BCUT2D eigenvalue weighted by Crippen LogP contribution is -2.28. The summed E-state index contributed by atoms with van der Waals surface area (Å²) in [5, 5.41) is 13.0. The van der Waals surface area contributed by atoms with Gasteiger partial charge in [-0.1, -0.05) is 0 Å². The third-order valence-electron chi connectivity index (χ3n) is 2.23. The lowest BCUT2D eigenvalue weighted by Gasteiger charge is -2.11. The van der Waals surface area contributed by atoms with Crippen LogP contribution in [0.5, 0.6) is 0 Å². The molecule has 1 atom stereocenters. The minimum Gasteiger partial charge on any atom is -0.476 e. The van der Waals surface area contributed by atoms with Gasteiger partial charge in [0.15, 0.2) is 5.69 Å². The van der Waals surface area contributed by atoms with Crippen LogP contribution in [0.15, 0.2) is 5.38 Å². The van der Waals surface area contributed by atoms with E-state index in [-0.39, 0.29) is 18.7 Å². The van der Waals surface area contributed by atoms with Gasteiger partial charge in [0.2, 0.25) is 5.91 Å². The predicted octanol–water partition coefficient (Wildman–Crippen LogP) is 1.99. The van der Waals surface area contributed by atoms with E-state index in [1.54, 1.807) is 6.92 Å². The monoisotopic (exact) mass is 326 g/mol. The predicted molar refractivity (Wildman–Crippen MR) is 67.1 cm³/mol. The van der Waals surface area contributed by atoms with Crippen LogP contribution >= 0.6 is 11.3 Å². The summed E-state index contributed by atoms with van der Waals surface area (Å²) in [7, 11) is 0. The number of amides is 1. The molecule has 0 aliphatic heterocycles. The van der Waals surface area contributed by atoms with Crippen molar-refractivity contribution in [2.75, 3.05) is 13.2 Å². The van der Waals surface area contributed by atoms with Crippen molar-refractivity contribution in [2.45, 2.75) is 25.6 Å². The molecule has 0 bridgehead atoms. The maximum absolute atomic E-state index is 11.8. The fourth-order valence-corrected chi connectivity index (χ4v) is 2.11. The lowest BCUT2D eigenvalue weighted by atomic mass is 10.3. The zero-order valence-corrected chi connectivity index (χ0v) is 11.8. The van der Waals surface area contributed by atoms with E-state index in [0.717, 1.165) is 11.3 Å². The Morgan fingerprint density at radius 1 is 1.52 bits per heavy atom. The fraction of sp³-hybridized carbons (Fsp3) is 0.545. The van der Waals surface area contributed by atoms with Gasteiger partial charge in [-0.2, -0.15) is 13.2 Å². The molecule has 1 aromatic heterocycles.